The van der Waals surface area contributed by atoms with Crippen molar-refractivity contribution in [2.45, 2.75) is 76.9 Å². The second kappa shape index (κ2) is 13.5. The van der Waals surface area contributed by atoms with Crippen molar-refractivity contribution >= 4 is 50.7 Å². The average Bonchev–Trinajstić information content (AvgIpc) is 3.46. The van der Waals surface area contributed by atoms with E-state index in [0.29, 0.717) is 26.9 Å². The molecule has 0 spiro atoms. The van der Waals surface area contributed by atoms with E-state index in [1.54, 1.807) is 50.2 Å². The summed E-state index contributed by atoms with van der Waals surface area (Å²) in [7, 11) is -4.16. The Labute approximate surface area is 258 Å². The molecule has 0 radical (unpaired) electrons. The normalized spacial score (nSPS) is 14.4. The van der Waals surface area contributed by atoms with Gasteiger partial charge in [0.1, 0.15) is 12.6 Å². The predicted molar refractivity (Wildman–Crippen MR) is 168 cm³/mol. The number of sulfonamides is 1. The van der Waals surface area contributed by atoms with Gasteiger partial charge in [-0.3, -0.25) is 13.9 Å². The van der Waals surface area contributed by atoms with Crippen LogP contribution >= 0.6 is 23.2 Å². The summed E-state index contributed by atoms with van der Waals surface area (Å²) in [5.41, 5.74) is 3.32. The Morgan fingerprint density at radius 3 is 2.14 bits per heavy atom. The molecule has 1 aliphatic rings. The third-order valence-electron chi connectivity index (χ3n) is 7.78. The number of carbonyl (C=O) groups is 2. The molecule has 3 aromatic rings. The van der Waals surface area contributed by atoms with Gasteiger partial charge >= 0.3 is 0 Å². The van der Waals surface area contributed by atoms with E-state index < -0.39 is 28.5 Å². The lowest BCUT2D eigenvalue weighted by Crippen LogP contribution is -2.52. The zero-order valence-corrected chi connectivity index (χ0v) is 26.7. The zero-order valence-electron chi connectivity index (χ0n) is 24.4. The fourth-order valence-corrected chi connectivity index (χ4v) is 7.15. The number of aryl methyl sites for hydroxylation is 3. The number of amides is 2. The minimum absolute atomic E-state index is 0.0501. The summed E-state index contributed by atoms with van der Waals surface area (Å²) in [6.45, 7) is 6.59. The monoisotopic (exact) mass is 629 g/mol. The molecule has 1 fully saturated rings. The first-order valence-electron chi connectivity index (χ1n) is 14.1. The molecule has 224 valence electrons. The van der Waals surface area contributed by atoms with Crippen molar-refractivity contribution in [1.82, 2.24) is 10.2 Å². The van der Waals surface area contributed by atoms with Gasteiger partial charge in [-0.15, -0.1) is 0 Å². The molecule has 4 rings (SSSR count). The average molecular weight is 631 g/mol. The van der Waals surface area contributed by atoms with Crippen LogP contribution in [0.2, 0.25) is 10.0 Å². The molecular weight excluding hydrogens is 593 g/mol. The fraction of sp³-hybridized carbons (Fsp3) is 0.375. The number of hydrogen-bond donors (Lipinski definition) is 1. The summed E-state index contributed by atoms with van der Waals surface area (Å²) < 4.78 is 29.3. The SMILES string of the molecule is Cc1ccc(S(=O)(=O)N(CC(=O)N(Cc2c(Cl)cccc2Cl)C(C)C(=O)NC2CCCC2)c2cc(C)ccc2C)cc1. The van der Waals surface area contributed by atoms with Crippen molar-refractivity contribution in [3.05, 3.63) is 93.0 Å². The van der Waals surface area contributed by atoms with Crippen molar-refractivity contribution in [2.24, 2.45) is 0 Å². The summed E-state index contributed by atoms with van der Waals surface area (Å²) >= 11 is 13.0. The van der Waals surface area contributed by atoms with Gasteiger partial charge in [0.15, 0.2) is 0 Å². The number of anilines is 1. The summed E-state index contributed by atoms with van der Waals surface area (Å²) in [5.74, 6) is -0.866. The van der Waals surface area contributed by atoms with Crippen LogP contribution in [0.15, 0.2) is 65.6 Å². The standard InChI is InChI=1S/C32H37Cl2N3O4S/c1-21-13-16-26(17-14-21)42(40,41)37(30-18-22(2)12-15-23(30)3)20-31(38)36(19-27-28(33)10-7-11-29(27)34)24(4)32(39)35-25-8-5-6-9-25/h7,10-18,24-25H,5-6,8-9,19-20H2,1-4H3,(H,35,39). The second-order valence-electron chi connectivity index (χ2n) is 11.0. The minimum atomic E-state index is -4.16. The van der Waals surface area contributed by atoms with E-state index in [9.17, 15) is 18.0 Å². The number of nitrogens with one attached hydrogen (secondary N) is 1. The lowest BCUT2D eigenvalue weighted by molar-refractivity contribution is -0.139. The predicted octanol–water partition coefficient (Wildman–Crippen LogP) is 6.59. The summed E-state index contributed by atoms with van der Waals surface area (Å²) in [5, 5.41) is 3.76. The molecule has 2 amide bonds. The molecule has 0 bridgehead atoms. The number of hydrogen-bond acceptors (Lipinski definition) is 4. The highest BCUT2D eigenvalue weighted by Crippen LogP contribution is 2.30. The lowest BCUT2D eigenvalue weighted by Gasteiger charge is -2.33. The number of carbonyl (C=O) groups excluding carboxylic acids is 2. The van der Waals surface area contributed by atoms with Crippen LogP contribution in [0.4, 0.5) is 5.69 Å². The van der Waals surface area contributed by atoms with Crippen LogP contribution in [0.3, 0.4) is 0 Å². The smallest absolute Gasteiger partial charge is 0.264 e. The third kappa shape index (κ3) is 7.28. The quantitative estimate of drug-likeness (QED) is 0.274. The highest BCUT2D eigenvalue weighted by atomic mass is 35.5. The molecule has 10 heteroatoms. The highest BCUT2D eigenvalue weighted by molar-refractivity contribution is 7.92. The molecule has 0 saturated heterocycles. The Bertz CT molecular complexity index is 1530. The van der Waals surface area contributed by atoms with Crippen LogP contribution in [0.1, 0.15) is 54.9 Å². The van der Waals surface area contributed by atoms with E-state index in [0.717, 1.165) is 41.1 Å². The van der Waals surface area contributed by atoms with E-state index in [1.165, 1.54) is 17.0 Å². The molecule has 0 aliphatic heterocycles. The Balaban J connectivity index is 1.75. The molecule has 7 nitrogen and oxygen atoms in total. The number of benzene rings is 3. The first-order valence-corrected chi connectivity index (χ1v) is 16.3. The van der Waals surface area contributed by atoms with E-state index in [4.69, 9.17) is 23.2 Å². The van der Waals surface area contributed by atoms with Crippen LogP contribution < -0.4 is 9.62 Å². The molecule has 42 heavy (non-hydrogen) atoms. The van der Waals surface area contributed by atoms with Crippen LogP contribution in [0.5, 0.6) is 0 Å². The van der Waals surface area contributed by atoms with Crippen molar-refractivity contribution in [3.8, 4) is 0 Å². The van der Waals surface area contributed by atoms with Gasteiger partial charge in [0.2, 0.25) is 11.8 Å². The van der Waals surface area contributed by atoms with Crippen molar-refractivity contribution in [3.63, 3.8) is 0 Å². The van der Waals surface area contributed by atoms with Crippen molar-refractivity contribution in [2.75, 3.05) is 10.8 Å². The molecule has 1 N–H and O–H groups in total. The molecule has 1 unspecified atom stereocenters. The van der Waals surface area contributed by atoms with Crippen LogP contribution in [0.25, 0.3) is 0 Å². The summed E-state index contributed by atoms with van der Waals surface area (Å²) in [6, 6.07) is 16.1. The fourth-order valence-electron chi connectivity index (χ4n) is 5.17. The topological polar surface area (TPSA) is 86.8 Å². The van der Waals surface area contributed by atoms with Crippen molar-refractivity contribution < 1.29 is 18.0 Å². The van der Waals surface area contributed by atoms with Gasteiger partial charge in [0, 0.05) is 28.2 Å². The van der Waals surface area contributed by atoms with Gasteiger partial charge in [-0.2, -0.15) is 0 Å². The second-order valence-corrected chi connectivity index (χ2v) is 13.7. The van der Waals surface area contributed by atoms with Gasteiger partial charge in [-0.25, -0.2) is 8.42 Å². The Hall–Kier alpha value is -3.07. The molecule has 0 heterocycles. The highest BCUT2D eigenvalue weighted by Gasteiger charge is 2.34. The van der Waals surface area contributed by atoms with Crippen LogP contribution in [0, 0.1) is 20.8 Å². The maximum Gasteiger partial charge on any atom is 0.264 e. The maximum atomic E-state index is 14.2. The molecule has 1 aliphatic carbocycles. The Kier molecular flexibility index (Phi) is 10.2. The Morgan fingerprint density at radius 2 is 1.52 bits per heavy atom. The summed E-state index contributed by atoms with van der Waals surface area (Å²) in [4.78, 5) is 29.1. The third-order valence-corrected chi connectivity index (χ3v) is 10.3. The molecule has 1 atom stereocenters. The number of halogens is 2. The number of rotatable bonds is 10. The first kappa shape index (κ1) is 31.9. The van der Waals surface area contributed by atoms with Crippen LogP contribution in [-0.2, 0) is 26.2 Å². The van der Waals surface area contributed by atoms with E-state index >= 15 is 0 Å². The van der Waals surface area contributed by atoms with Gasteiger partial charge in [-0.1, -0.05) is 71.9 Å². The van der Waals surface area contributed by atoms with Gasteiger partial charge in [0.05, 0.1) is 10.6 Å². The molecular formula is C32H37Cl2N3O4S. The van der Waals surface area contributed by atoms with Gasteiger partial charge in [-0.05, 0) is 82.0 Å². The van der Waals surface area contributed by atoms with E-state index in [1.807, 2.05) is 26.0 Å². The first-order chi connectivity index (χ1) is 19.9. The molecule has 3 aromatic carbocycles. The Morgan fingerprint density at radius 1 is 0.929 bits per heavy atom. The van der Waals surface area contributed by atoms with E-state index in [-0.39, 0.29) is 23.4 Å². The lowest BCUT2D eigenvalue weighted by atomic mass is 10.1. The van der Waals surface area contributed by atoms with Gasteiger partial charge in [0.25, 0.3) is 10.0 Å². The summed E-state index contributed by atoms with van der Waals surface area (Å²) in [6.07, 6.45) is 3.85. The molecule has 0 aromatic heterocycles. The zero-order chi connectivity index (χ0) is 30.6. The number of nitrogens with zero attached hydrogens (tertiary/aromatic N) is 2. The van der Waals surface area contributed by atoms with Crippen LogP contribution in [-0.4, -0.2) is 43.8 Å². The van der Waals surface area contributed by atoms with Gasteiger partial charge < -0.3 is 10.2 Å². The minimum Gasteiger partial charge on any atom is -0.352 e. The largest absolute Gasteiger partial charge is 0.352 e. The van der Waals surface area contributed by atoms with Crippen molar-refractivity contribution in [1.29, 1.82) is 0 Å². The van der Waals surface area contributed by atoms with E-state index in [2.05, 4.69) is 5.32 Å². The maximum absolute atomic E-state index is 14.2. The molecule has 1 saturated carbocycles.